The average Bonchev–Trinajstić information content (AvgIpc) is 3.32. The van der Waals surface area contributed by atoms with E-state index in [4.69, 9.17) is 0 Å². The summed E-state index contributed by atoms with van der Waals surface area (Å²) in [7, 11) is 0. The fourth-order valence-corrected chi connectivity index (χ4v) is 4.52. The monoisotopic (exact) mass is 383 g/mol. The second-order valence-corrected chi connectivity index (χ2v) is 8.51. The van der Waals surface area contributed by atoms with Crippen LogP contribution in [0.4, 0.5) is 0 Å². The van der Waals surface area contributed by atoms with Crippen molar-refractivity contribution in [3.05, 3.63) is 35.0 Å². The Bertz CT molecular complexity index is 900. The summed E-state index contributed by atoms with van der Waals surface area (Å²) in [6.07, 6.45) is 4.50. The zero-order valence-corrected chi connectivity index (χ0v) is 16.6. The van der Waals surface area contributed by atoms with E-state index in [1.807, 2.05) is 26.0 Å². The van der Waals surface area contributed by atoms with Crippen molar-refractivity contribution in [2.75, 3.05) is 13.1 Å². The van der Waals surface area contributed by atoms with Crippen molar-refractivity contribution < 1.29 is 14.7 Å². The van der Waals surface area contributed by atoms with Crippen LogP contribution >= 0.6 is 0 Å². The second kappa shape index (κ2) is 7.59. The number of H-pyrrole nitrogens is 1. The summed E-state index contributed by atoms with van der Waals surface area (Å²) in [5.74, 6) is -0.120. The fourth-order valence-electron chi connectivity index (χ4n) is 4.52. The zero-order chi connectivity index (χ0) is 19.8. The largest absolute Gasteiger partial charge is 0.481 e. The van der Waals surface area contributed by atoms with Gasteiger partial charge in [0.25, 0.3) is 5.91 Å². The lowest BCUT2D eigenvalue weighted by Gasteiger charge is -2.29. The summed E-state index contributed by atoms with van der Waals surface area (Å²) in [4.78, 5) is 29.6. The molecule has 1 aromatic heterocycles. The summed E-state index contributed by atoms with van der Waals surface area (Å²) in [5, 5.41) is 13.4. The first-order chi connectivity index (χ1) is 13.4. The minimum absolute atomic E-state index is 0.0839. The molecule has 4 rings (SSSR count). The first kappa shape index (κ1) is 19.0. The molecule has 1 aliphatic heterocycles. The van der Waals surface area contributed by atoms with E-state index < -0.39 is 5.97 Å². The van der Waals surface area contributed by atoms with Gasteiger partial charge in [0.1, 0.15) is 5.69 Å². The van der Waals surface area contributed by atoms with Crippen LogP contribution in [-0.4, -0.2) is 52.0 Å². The Morgan fingerprint density at radius 3 is 2.64 bits per heavy atom. The number of nitrogens with zero attached hydrogens (tertiary/aromatic N) is 1. The topological polar surface area (TPSA) is 85.4 Å². The Balaban J connectivity index is 1.43. The number of carboxylic acids is 1. The Morgan fingerprint density at radius 1 is 1.18 bits per heavy atom. The maximum Gasteiger partial charge on any atom is 0.304 e. The Kier molecular flexibility index (Phi) is 5.15. The number of aryl methyl sites for hydroxylation is 2. The molecule has 2 aromatic rings. The van der Waals surface area contributed by atoms with Gasteiger partial charge in [0, 0.05) is 36.1 Å². The maximum atomic E-state index is 12.8. The minimum atomic E-state index is -0.737. The van der Waals surface area contributed by atoms with E-state index in [-0.39, 0.29) is 24.4 Å². The number of benzene rings is 1. The van der Waals surface area contributed by atoms with Gasteiger partial charge in [0.15, 0.2) is 0 Å². The van der Waals surface area contributed by atoms with Gasteiger partial charge in [-0.2, -0.15) is 0 Å². The molecular weight excluding hydrogens is 354 g/mol. The molecule has 0 spiro atoms. The molecule has 1 amide bonds. The molecule has 1 saturated carbocycles. The third kappa shape index (κ3) is 3.92. The molecule has 2 fully saturated rings. The van der Waals surface area contributed by atoms with Gasteiger partial charge < -0.3 is 15.4 Å². The number of carbonyl (C=O) groups excluding carboxylic acids is 1. The van der Waals surface area contributed by atoms with Crippen LogP contribution in [0, 0.1) is 19.8 Å². The molecule has 2 heterocycles. The lowest BCUT2D eigenvalue weighted by atomic mass is 10.1. The van der Waals surface area contributed by atoms with Crippen molar-refractivity contribution in [1.82, 2.24) is 15.2 Å². The third-order valence-corrected chi connectivity index (χ3v) is 6.29. The van der Waals surface area contributed by atoms with Gasteiger partial charge in [-0.3, -0.25) is 14.5 Å². The molecule has 6 heteroatoms. The van der Waals surface area contributed by atoms with Crippen LogP contribution in [0.5, 0.6) is 0 Å². The smallest absolute Gasteiger partial charge is 0.304 e. The molecule has 1 aromatic carbocycles. The highest BCUT2D eigenvalue weighted by Gasteiger charge is 2.38. The number of carboxylic acid groups (broad SMARTS) is 1. The van der Waals surface area contributed by atoms with Crippen LogP contribution in [0.1, 0.15) is 53.7 Å². The zero-order valence-electron chi connectivity index (χ0n) is 16.6. The minimum Gasteiger partial charge on any atom is -0.481 e. The van der Waals surface area contributed by atoms with E-state index in [1.54, 1.807) is 0 Å². The molecule has 0 radical (unpaired) electrons. The number of likely N-dealkylation sites (tertiary alicyclic amines) is 1. The summed E-state index contributed by atoms with van der Waals surface area (Å²) in [5.41, 5.74) is 3.74. The molecule has 0 unspecified atom stereocenters. The lowest BCUT2D eigenvalue weighted by Crippen LogP contribution is -2.44. The molecule has 6 nitrogen and oxygen atoms in total. The number of hydrogen-bond acceptors (Lipinski definition) is 3. The summed E-state index contributed by atoms with van der Waals surface area (Å²) in [6, 6.07) is 6.47. The number of hydrogen-bond donors (Lipinski definition) is 3. The molecule has 150 valence electrons. The Morgan fingerprint density at radius 2 is 1.93 bits per heavy atom. The molecule has 2 atom stereocenters. The van der Waals surface area contributed by atoms with Crippen LogP contribution in [0.25, 0.3) is 10.9 Å². The quantitative estimate of drug-likeness (QED) is 0.685. The molecular formula is C22H29N3O3. The van der Waals surface area contributed by atoms with Gasteiger partial charge in [0.05, 0.1) is 6.42 Å². The van der Waals surface area contributed by atoms with Crippen molar-refractivity contribution in [2.45, 2.75) is 58.0 Å². The number of carbonyl (C=O) groups is 2. The SMILES string of the molecule is Cc1ccc2[nH]c(C(=O)NC[C@@H]3CC[C@H](CC(=O)O)N3CC3CC3)c(C)c2c1. The Hall–Kier alpha value is -2.34. The predicted molar refractivity (Wildman–Crippen MR) is 109 cm³/mol. The number of aromatic amines is 1. The molecule has 1 saturated heterocycles. The maximum absolute atomic E-state index is 12.8. The standard InChI is InChI=1S/C22H29N3O3/c1-13-3-8-19-18(9-13)14(2)21(24-19)22(28)23-11-17-7-6-16(10-20(26)27)25(17)12-15-4-5-15/h3,8-9,15-17,24H,4-7,10-12H2,1-2H3,(H,23,28)(H,26,27)/t16-,17+/m1/s1. The van der Waals surface area contributed by atoms with E-state index in [1.165, 1.54) is 18.4 Å². The highest BCUT2D eigenvalue weighted by atomic mass is 16.4. The van der Waals surface area contributed by atoms with Gasteiger partial charge in [0.2, 0.25) is 0 Å². The summed E-state index contributed by atoms with van der Waals surface area (Å²) < 4.78 is 0. The van der Waals surface area contributed by atoms with Crippen LogP contribution in [-0.2, 0) is 4.79 Å². The van der Waals surface area contributed by atoms with Crippen LogP contribution in [0.3, 0.4) is 0 Å². The van der Waals surface area contributed by atoms with Crippen molar-refractivity contribution in [3.63, 3.8) is 0 Å². The highest BCUT2D eigenvalue weighted by Crippen LogP contribution is 2.35. The first-order valence-electron chi connectivity index (χ1n) is 10.3. The molecule has 0 bridgehead atoms. The van der Waals surface area contributed by atoms with Crippen molar-refractivity contribution in [1.29, 1.82) is 0 Å². The first-order valence-corrected chi connectivity index (χ1v) is 10.3. The number of rotatable bonds is 7. The number of fused-ring (bicyclic) bond motifs is 1. The van der Waals surface area contributed by atoms with E-state index in [2.05, 4.69) is 21.3 Å². The molecule has 28 heavy (non-hydrogen) atoms. The van der Waals surface area contributed by atoms with Crippen LogP contribution in [0.2, 0.25) is 0 Å². The van der Waals surface area contributed by atoms with Gasteiger partial charge in [-0.25, -0.2) is 0 Å². The van der Waals surface area contributed by atoms with Gasteiger partial charge >= 0.3 is 5.97 Å². The van der Waals surface area contributed by atoms with Gasteiger partial charge in [-0.15, -0.1) is 0 Å². The van der Waals surface area contributed by atoms with Gasteiger partial charge in [-0.1, -0.05) is 11.6 Å². The van der Waals surface area contributed by atoms with Crippen molar-refractivity contribution in [3.8, 4) is 0 Å². The third-order valence-electron chi connectivity index (χ3n) is 6.29. The highest BCUT2D eigenvalue weighted by molar-refractivity contribution is 6.01. The number of aliphatic carboxylic acids is 1. The van der Waals surface area contributed by atoms with E-state index in [9.17, 15) is 14.7 Å². The van der Waals surface area contributed by atoms with Crippen LogP contribution in [0.15, 0.2) is 18.2 Å². The normalized spacial score (nSPS) is 22.6. The number of nitrogens with one attached hydrogen (secondary N) is 2. The fraction of sp³-hybridized carbons (Fsp3) is 0.545. The summed E-state index contributed by atoms with van der Waals surface area (Å²) >= 11 is 0. The summed E-state index contributed by atoms with van der Waals surface area (Å²) in [6.45, 7) is 5.55. The second-order valence-electron chi connectivity index (χ2n) is 8.51. The van der Waals surface area contributed by atoms with Gasteiger partial charge in [-0.05, 0) is 63.1 Å². The van der Waals surface area contributed by atoms with E-state index in [0.29, 0.717) is 18.2 Å². The van der Waals surface area contributed by atoms with E-state index in [0.717, 1.165) is 35.9 Å². The molecule has 1 aliphatic carbocycles. The molecule has 3 N–H and O–H groups in total. The predicted octanol–water partition coefficient (Wildman–Crippen LogP) is 3.23. The van der Waals surface area contributed by atoms with E-state index >= 15 is 0 Å². The van der Waals surface area contributed by atoms with Crippen LogP contribution < -0.4 is 5.32 Å². The number of amides is 1. The lowest BCUT2D eigenvalue weighted by molar-refractivity contribution is -0.138. The van der Waals surface area contributed by atoms with Crippen molar-refractivity contribution in [2.24, 2.45) is 5.92 Å². The Labute approximate surface area is 165 Å². The molecule has 2 aliphatic rings. The van der Waals surface area contributed by atoms with Crippen molar-refractivity contribution >= 4 is 22.8 Å². The number of aromatic nitrogens is 1. The average molecular weight is 383 g/mol.